The second-order valence-corrected chi connectivity index (χ2v) is 12.0. The summed E-state index contributed by atoms with van der Waals surface area (Å²) in [5.41, 5.74) is 22.2. The summed E-state index contributed by atoms with van der Waals surface area (Å²) in [6.07, 6.45) is 2.85. The van der Waals surface area contributed by atoms with Crippen LogP contribution in [-0.2, 0) is 12.8 Å². The molecule has 8 rings (SSSR count). The predicted octanol–water partition coefficient (Wildman–Crippen LogP) is 6.14. The number of aromatic nitrogens is 9. The summed E-state index contributed by atoms with van der Waals surface area (Å²) in [6, 6.07) is 27.9. The minimum Gasteiger partial charge on any atom is -0.480 e. The van der Waals surface area contributed by atoms with Crippen LogP contribution < -0.4 is 20.9 Å². The molecule has 0 spiro atoms. The van der Waals surface area contributed by atoms with Crippen LogP contribution in [0.25, 0.3) is 44.6 Å². The van der Waals surface area contributed by atoms with Gasteiger partial charge >= 0.3 is 6.01 Å². The third kappa shape index (κ3) is 7.51. The smallest absolute Gasteiger partial charge is 0.319 e. The van der Waals surface area contributed by atoms with E-state index in [1.165, 1.54) is 14.2 Å². The molecule has 0 radical (unpaired) electrons. The number of methoxy groups -OCH3 is 2. The Hall–Kier alpha value is -7.09. The second kappa shape index (κ2) is 15.0. The second-order valence-electron chi connectivity index (χ2n) is 12.0. The molecule has 2 aromatic carbocycles. The fraction of sp³-hybridized carbons (Fsp3) is 0.154. The summed E-state index contributed by atoms with van der Waals surface area (Å²) in [7, 11) is 3.04. The maximum absolute atomic E-state index is 5.90. The predicted molar refractivity (Wildman–Crippen MR) is 201 cm³/mol. The molecule has 264 valence electrons. The molecule has 0 aliphatic carbocycles. The lowest BCUT2D eigenvalue weighted by Crippen LogP contribution is -2.04. The first-order valence-electron chi connectivity index (χ1n) is 16.6. The van der Waals surface area contributed by atoms with Crippen LogP contribution in [0.3, 0.4) is 0 Å². The van der Waals surface area contributed by atoms with E-state index in [1.807, 2.05) is 86.6 Å². The Bertz CT molecular complexity index is 2530. The average Bonchev–Trinajstić information content (AvgIpc) is 3.52. The molecule has 0 bridgehead atoms. The largest absolute Gasteiger partial charge is 0.480 e. The number of benzene rings is 2. The van der Waals surface area contributed by atoms with Gasteiger partial charge in [0.2, 0.25) is 17.8 Å². The maximum Gasteiger partial charge on any atom is 0.319 e. The quantitative estimate of drug-likeness (QED) is 0.183. The number of nitrogens with two attached hydrogens (primary N) is 2. The van der Waals surface area contributed by atoms with Gasteiger partial charge in [0.15, 0.2) is 0 Å². The molecule has 0 unspecified atom stereocenters. The third-order valence-corrected chi connectivity index (χ3v) is 8.37. The highest BCUT2D eigenvalue weighted by Gasteiger charge is 2.17. The van der Waals surface area contributed by atoms with Gasteiger partial charge in [-0.15, -0.1) is 0 Å². The van der Waals surface area contributed by atoms with Crippen molar-refractivity contribution in [2.45, 2.75) is 26.7 Å². The molecular weight excluding hydrogens is 671 g/mol. The van der Waals surface area contributed by atoms with Gasteiger partial charge in [0.25, 0.3) is 0 Å². The first-order valence-corrected chi connectivity index (χ1v) is 16.6. The molecule has 14 nitrogen and oxygen atoms in total. The zero-order chi connectivity index (χ0) is 36.9. The topological polar surface area (TPSA) is 200 Å². The zero-order valence-electron chi connectivity index (χ0n) is 29.5. The van der Waals surface area contributed by atoms with Crippen LogP contribution in [0.4, 0.5) is 11.9 Å². The number of nitrogen functional groups attached to an aromatic ring is 2. The van der Waals surface area contributed by atoms with Gasteiger partial charge in [-0.2, -0.15) is 4.98 Å². The van der Waals surface area contributed by atoms with E-state index in [4.69, 9.17) is 35.4 Å². The molecule has 53 heavy (non-hydrogen) atoms. The standard InChI is InChI=1S/C20H18N6O2.C19H17N5O/c1-27-18-13(11-22-20(26-18)28-2)14-8-9-15-17(23-14)16(25-19(21)24-15)10-12-6-4-3-5-7-12;1-11-17(12(2)25-24-11)14-8-9-15-18(21-14)16(23-19(20)22-15)10-13-6-4-3-5-7-13/h3-9,11H,10H2,1-2H3,(H2,21,24,25);3-9H,10H2,1-2H3,(H2,20,22,23). The fourth-order valence-corrected chi connectivity index (χ4v) is 5.93. The van der Waals surface area contributed by atoms with Crippen LogP contribution in [0.2, 0.25) is 0 Å². The molecule has 6 heterocycles. The monoisotopic (exact) mass is 705 g/mol. The summed E-state index contributed by atoms with van der Waals surface area (Å²) < 4.78 is 15.7. The van der Waals surface area contributed by atoms with Crippen molar-refractivity contribution in [3.63, 3.8) is 0 Å². The number of fused-ring (bicyclic) bond motifs is 2. The summed E-state index contributed by atoms with van der Waals surface area (Å²) in [4.78, 5) is 35.4. The van der Waals surface area contributed by atoms with E-state index in [9.17, 15) is 0 Å². The number of hydrogen-bond acceptors (Lipinski definition) is 14. The number of rotatable bonds is 8. The van der Waals surface area contributed by atoms with Crippen molar-refractivity contribution < 1.29 is 14.0 Å². The normalized spacial score (nSPS) is 10.9. The van der Waals surface area contributed by atoms with E-state index in [2.05, 4.69) is 47.2 Å². The van der Waals surface area contributed by atoms with Crippen LogP contribution in [0.1, 0.15) is 34.0 Å². The van der Waals surface area contributed by atoms with E-state index in [-0.39, 0.29) is 17.9 Å². The molecule has 0 amide bonds. The summed E-state index contributed by atoms with van der Waals surface area (Å²) >= 11 is 0. The van der Waals surface area contributed by atoms with E-state index in [0.717, 1.165) is 56.3 Å². The number of ether oxygens (including phenoxy) is 2. The van der Waals surface area contributed by atoms with Gasteiger partial charge in [0.05, 0.1) is 64.8 Å². The lowest BCUT2D eigenvalue weighted by Gasteiger charge is -2.10. The Morgan fingerprint density at radius 2 is 1.15 bits per heavy atom. The van der Waals surface area contributed by atoms with Gasteiger partial charge in [-0.05, 0) is 49.2 Å². The Kier molecular flexibility index (Phi) is 9.74. The van der Waals surface area contributed by atoms with Crippen molar-refractivity contribution >= 4 is 34.0 Å². The number of nitrogens with zero attached hydrogens (tertiary/aromatic N) is 9. The Balaban J connectivity index is 0.000000165. The summed E-state index contributed by atoms with van der Waals surface area (Å²) in [5, 5.41) is 4.01. The lowest BCUT2D eigenvalue weighted by atomic mass is 10.1. The van der Waals surface area contributed by atoms with Gasteiger partial charge in [-0.3, -0.25) is 0 Å². The Labute approximate surface area is 304 Å². The zero-order valence-corrected chi connectivity index (χ0v) is 29.5. The fourth-order valence-electron chi connectivity index (χ4n) is 5.93. The molecule has 6 aromatic heterocycles. The van der Waals surface area contributed by atoms with E-state index in [0.29, 0.717) is 41.0 Å². The first-order chi connectivity index (χ1) is 25.8. The molecule has 8 aromatic rings. The number of pyridine rings is 2. The van der Waals surface area contributed by atoms with Crippen molar-refractivity contribution in [3.8, 4) is 34.4 Å². The van der Waals surface area contributed by atoms with Gasteiger partial charge in [0.1, 0.15) is 16.8 Å². The molecule has 0 saturated carbocycles. The number of aryl methyl sites for hydroxylation is 2. The first kappa shape index (κ1) is 34.4. The molecule has 0 fully saturated rings. The summed E-state index contributed by atoms with van der Waals surface area (Å²) in [5.74, 6) is 1.59. The lowest BCUT2D eigenvalue weighted by molar-refractivity contribution is 0.353. The van der Waals surface area contributed by atoms with Crippen molar-refractivity contribution in [1.29, 1.82) is 0 Å². The van der Waals surface area contributed by atoms with Crippen LogP contribution in [0, 0.1) is 13.8 Å². The average molecular weight is 706 g/mol. The minimum absolute atomic E-state index is 0.221. The van der Waals surface area contributed by atoms with E-state index < -0.39 is 0 Å². The maximum atomic E-state index is 5.90. The molecule has 0 aliphatic rings. The van der Waals surface area contributed by atoms with Gasteiger partial charge < -0.3 is 25.5 Å². The highest BCUT2D eigenvalue weighted by atomic mass is 16.5. The van der Waals surface area contributed by atoms with Crippen molar-refractivity contribution in [2.75, 3.05) is 25.7 Å². The number of anilines is 2. The van der Waals surface area contributed by atoms with Crippen LogP contribution in [-0.4, -0.2) is 59.2 Å². The molecule has 14 heteroatoms. The SMILES string of the molecule is COc1ncc(-c2ccc3nc(N)nc(Cc4ccccc4)c3n2)c(OC)n1.Cc1noc(C)c1-c1ccc2nc(N)nc(Cc3ccccc3)c2n1. The van der Waals surface area contributed by atoms with Gasteiger partial charge in [-0.1, -0.05) is 65.8 Å². The Morgan fingerprint density at radius 1 is 0.604 bits per heavy atom. The highest BCUT2D eigenvalue weighted by Crippen LogP contribution is 2.30. The van der Waals surface area contributed by atoms with Crippen molar-refractivity contribution in [2.24, 2.45) is 0 Å². The van der Waals surface area contributed by atoms with Gasteiger partial charge in [-0.25, -0.2) is 34.9 Å². The van der Waals surface area contributed by atoms with Crippen LogP contribution in [0.15, 0.2) is 95.6 Å². The third-order valence-electron chi connectivity index (χ3n) is 8.37. The van der Waals surface area contributed by atoms with Crippen LogP contribution >= 0.6 is 0 Å². The van der Waals surface area contributed by atoms with Gasteiger partial charge in [0, 0.05) is 19.0 Å². The van der Waals surface area contributed by atoms with E-state index >= 15 is 0 Å². The highest BCUT2D eigenvalue weighted by molar-refractivity contribution is 5.83. The van der Waals surface area contributed by atoms with Crippen LogP contribution in [0.5, 0.6) is 11.9 Å². The Morgan fingerprint density at radius 3 is 1.66 bits per heavy atom. The molecule has 0 atom stereocenters. The minimum atomic E-state index is 0.221. The summed E-state index contributed by atoms with van der Waals surface area (Å²) in [6.45, 7) is 3.79. The number of hydrogen-bond donors (Lipinski definition) is 2. The molecular formula is C39H35N11O3. The van der Waals surface area contributed by atoms with E-state index in [1.54, 1.807) is 6.20 Å². The molecule has 0 aliphatic heterocycles. The van der Waals surface area contributed by atoms with Crippen molar-refractivity contribution in [3.05, 3.63) is 125 Å². The van der Waals surface area contributed by atoms with Crippen molar-refractivity contribution in [1.82, 2.24) is 45.0 Å². The molecule has 0 saturated heterocycles. The molecule has 4 N–H and O–H groups in total.